The van der Waals surface area contributed by atoms with Gasteiger partial charge in [-0.3, -0.25) is 0 Å². The summed E-state index contributed by atoms with van der Waals surface area (Å²) >= 11 is 0. The van der Waals surface area contributed by atoms with Gasteiger partial charge in [0.1, 0.15) is 5.82 Å². The number of aliphatic hydroxyl groups is 1. The fraction of sp³-hybridized carbons (Fsp3) is 0.333. The summed E-state index contributed by atoms with van der Waals surface area (Å²) in [6, 6.07) is 13.4. The lowest BCUT2D eigenvalue weighted by molar-refractivity contribution is 0.273. The van der Waals surface area contributed by atoms with E-state index < -0.39 is 15.8 Å². The predicted octanol–water partition coefficient (Wildman–Crippen LogP) is 2.97. The van der Waals surface area contributed by atoms with Gasteiger partial charge in [0.2, 0.25) is 10.0 Å². The second-order valence-electron chi connectivity index (χ2n) is 5.72. The number of halogens is 1. The third-order valence-corrected chi connectivity index (χ3v) is 5.43. The summed E-state index contributed by atoms with van der Waals surface area (Å²) < 4.78 is 40.4. The molecule has 0 bridgehead atoms. The number of hydrogen-bond acceptors (Lipinski definition) is 3. The zero-order valence-electron chi connectivity index (χ0n) is 13.6. The van der Waals surface area contributed by atoms with E-state index in [-0.39, 0.29) is 24.0 Å². The average molecular weight is 351 g/mol. The molecule has 130 valence electrons. The first-order chi connectivity index (χ1) is 11.4. The van der Waals surface area contributed by atoms with Crippen LogP contribution in [-0.2, 0) is 10.0 Å². The summed E-state index contributed by atoms with van der Waals surface area (Å²) in [6.07, 6.45) is 1.14. The van der Waals surface area contributed by atoms with Gasteiger partial charge in [-0.1, -0.05) is 30.3 Å². The number of rotatable bonds is 8. The smallest absolute Gasteiger partial charge is 0.240 e. The molecule has 2 N–H and O–H groups in total. The molecule has 0 saturated heterocycles. The first-order valence-corrected chi connectivity index (χ1v) is 9.34. The zero-order chi connectivity index (χ0) is 17.6. The van der Waals surface area contributed by atoms with Crippen LogP contribution in [0.15, 0.2) is 53.4 Å². The van der Waals surface area contributed by atoms with E-state index in [9.17, 15) is 17.9 Å². The second kappa shape index (κ2) is 8.37. The van der Waals surface area contributed by atoms with Crippen molar-refractivity contribution in [2.45, 2.75) is 30.6 Å². The van der Waals surface area contributed by atoms with Gasteiger partial charge < -0.3 is 5.11 Å². The Morgan fingerprint density at radius 2 is 1.83 bits per heavy atom. The average Bonchev–Trinajstić information content (AvgIpc) is 2.57. The molecule has 24 heavy (non-hydrogen) atoms. The van der Waals surface area contributed by atoms with Gasteiger partial charge in [0.25, 0.3) is 0 Å². The summed E-state index contributed by atoms with van der Waals surface area (Å²) in [4.78, 5) is 0.0554. The van der Waals surface area contributed by atoms with E-state index in [4.69, 9.17) is 0 Å². The van der Waals surface area contributed by atoms with Crippen LogP contribution >= 0.6 is 0 Å². The lowest BCUT2D eigenvalue weighted by atomic mass is 9.93. The highest BCUT2D eigenvalue weighted by Gasteiger charge is 2.17. The highest BCUT2D eigenvalue weighted by Crippen LogP contribution is 2.23. The summed E-state index contributed by atoms with van der Waals surface area (Å²) in [7, 11) is -3.67. The largest absolute Gasteiger partial charge is 0.396 e. The van der Waals surface area contributed by atoms with Crippen LogP contribution in [0.3, 0.4) is 0 Å². The van der Waals surface area contributed by atoms with Gasteiger partial charge in [0.15, 0.2) is 0 Å². The second-order valence-corrected chi connectivity index (χ2v) is 7.48. The maximum atomic E-state index is 13.3. The van der Waals surface area contributed by atoms with Crippen LogP contribution in [0.1, 0.15) is 29.9 Å². The van der Waals surface area contributed by atoms with Crippen molar-refractivity contribution < 1.29 is 17.9 Å². The Labute approximate surface area is 142 Å². The van der Waals surface area contributed by atoms with E-state index in [2.05, 4.69) is 4.72 Å². The van der Waals surface area contributed by atoms with Gasteiger partial charge in [-0.25, -0.2) is 17.5 Å². The van der Waals surface area contributed by atoms with Crippen molar-refractivity contribution in [3.05, 3.63) is 65.5 Å². The van der Waals surface area contributed by atoms with Crippen LogP contribution in [0.25, 0.3) is 0 Å². The quantitative estimate of drug-likeness (QED) is 0.768. The van der Waals surface area contributed by atoms with E-state index >= 15 is 0 Å². The Balaban J connectivity index is 2.01. The van der Waals surface area contributed by atoms with E-state index in [1.807, 2.05) is 30.3 Å². The molecule has 0 heterocycles. The molecule has 6 heteroatoms. The third-order valence-electron chi connectivity index (χ3n) is 3.97. The van der Waals surface area contributed by atoms with Crippen LogP contribution in [0, 0.1) is 12.7 Å². The van der Waals surface area contributed by atoms with E-state index in [0.717, 1.165) is 11.6 Å². The number of hydrogen-bond donors (Lipinski definition) is 2. The Morgan fingerprint density at radius 3 is 2.46 bits per heavy atom. The lowest BCUT2D eigenvalue weighted by Gasteiger charge is -2.17. The molecular weight excluding hydrogens is 329 g/mol. The van der Waals surface area contributed by atoms with Crippen molar-refractivity contribution in [3.8, 4) is 0 Å². The summed E-state index contributed by atoms with van der Waals surface area (Å²) in [5.74, 6) is -0.352. The zero-order valence-corrected chi connectivity index (χ0v) is 14.4. The number of nitrogens with one attached hydrogen (secondary N) is 1. The molecule has 0 spiro atoms. The Bertz CT molecular complexity index is 763. The summed E-state index contributed by atoms with van der Waals surface area (Å²) in [6.45, 7) is 1.82. The topological polar surface area (TPSA) is 66.4 Å². The maximum absolute atomic E-state index is 13.3. The highest BCUT2D eigenvalue weighted by atomic mass is 32.2. The Morgan fingerprint density at radius 1 is 1.12 bits per heavy atom. The molecule has 0 radical (unpaired) electrons. The maximum Gasteiger partial charge on any atom is 0.240 e. The summed E-state index contributed by atoms with van der Waals surface area (Å²) in [5.41, 5.74) is 1.36. The predicted molar refractivity (Wildman–Crippen MR) is 91.8 cm³/mol. The normalized spacial score (nSPS) is 13.0. The minimum absolute atomic E-state index is 0.0451. The fourth-order valence-electron chi connectivity index (χ4n) is 2.59. The number of aryl methyl sites for hydroxylation is 1. The van der Waals surface area contributed by atoms with Crippen molar-refractivity contribution in [1.82, 2.24) is 4.72 Å². The molecular formula is C18H22FNO3S. The molecule has 0 aliphatic rings. The molecule has 0 aliphatic carbocycles. The summed E-state index contributed by atoms with van der Waals surface area (Å²) in [5, 5.41) is 9.22. The molecule has 0 aliphatic heterocycles. The number of aliphatic hydroxyl groups excluding tert-OH is 1. The highest BCUT2D eigenvalue weighted by molar-refractivity contribution is 7.89. The minimum atomic E-state index is -3.67. The molecule has 0 unspecified atom stereocenters. The first kappa shape index (κ1) is 18.6. The van der Waals surface area contributed by atoms with Gasteiger partial charge in [0.05, 0.1) is 4.90 Å². The first-order valence-electron chi connectivity index (χ1n) is 7.85. The molecule has 0 saturated carbocycles. The SMILES string of the molecule is Cc1cc(S(=O)(=O)NCC[C@H](CCO)c2ccccc2)ccc1F. The van der Waals surface area contributed by atoms with Crippen molar-refractivity contribution in [3.63, 3.8) is 0 Å². The van der Waals surface area contributed by atoms with Gasteiger partial charge in [-0.15, -0.1) is 0 Å². The number of benzene rings is 2. The molecule has 1 atom stereocenters. The van der Waals surface area contributed by atoms with E-state index in [0.29, 0.717) is 18.4 Å². The van der Waals surface area contributed by atoms with Crippen molar-refractivity contribution in [1.29, 1.82) is 0 Å². The Hall–Kier alpha value is -1.76. The molecule has 0 fully saturated rings. The molecule has 0 amide bonds. The number of sulfonamides is 1. The van der Waals surface area contributed by atoms with Crippen LogP contribution in [0.2, 0.25) is 0 Å². The minimum Gasteiger partial charge on any atom is -0.396 e. The van der Waals surface area contributed by atoms with Crippen molar-refractivity contribution in [2.75, 3.05) is 13.2 Å². The van der Waals surface area contributed by atoms with Crippen molar-refractivity contribution in [2.24, 2.45) is 0 Å². The van der Waals surface area contributed by atoms with Gasteiger partial charge in [-0.2, -0.15) is 0 Å². The lowest BCUT2D eigenvalue weighted by Crippen LogP contribution is -2.26. The molecule has 0 aromatic heterocycles. The Kier molecular flexibility index (Phi) is 6.48. The molecule has 2 aromatic carbocycles. The monoisotopic (exact) mass is 351 g/mol. The van der Waals surface area contributed by atoms with Crippen LogP contribution in [0.4, 0.5) is 4.39 Å². The van der Waals surface area contributed by atoms with Gasteiger partial charge in [-0.05, 0) is 55.0 Å². The third kappa shape index (κ3) is 4.87. The molecule has 2 rings (SSSR count). The van der Waals surface area contributed by atoms with E-state index in [1.54, 1.807) is 0 Å². The van der Waals surface area contributed by atoms with Crippen LogP contribution < -0.4 is 4.72 Å². The molecule has 4 nitrogen and oxygen atoms in total. The van der Waals surface area contributed by atoms with Crippen LogP contribution in [-0.4, -0.2) is 26.7 Å². The van der Waals surface area contributed by atoms with Crippen LogP contribution in [0.5, 0.6) is 0 Å². The van der Waals surface area contributed by atoms with E-state index in [1.165, 1.54) is 19.1 Å². The molecule has 2 aromatic rings. The fourth-order valence-corrected chi connectivity index (χ4v) is 3.73. The standard InChI is InChI=1S/C18H22FNO3S/c1-14-13-17(7-8-18(14)19)24(22,23)20-11-9-16(10-12-21)15-5-3-2-4-6-15/h2-8,13,16,20-21H,9-12H2,1H3/t16-/m1/s1. The van der Waals surface area contributed by atoms with Crippen molar-refractivity contribution >= 4 is 10.0 Å². The van der Waals surface area contributed by atoms with Gasteiger partial charge in [0, 0.05) is 13.2 Å². The van der Waals surface area contributed by atoms with Gasteiger partial charge >= 0.3 is 0 Å².